The number of rotatable bonds is 7. The number of carbonyl (C=O) groups excluding carboxylic acids is 2. The fourth-order valence-electron chi connectivity index (χ4n) is 3.89. The number of hydrogen-bond donors (Lipinski definition) is 1. The smallest absolute Gasteiger partial charge is 0.290 e. The highest BCUT2D eigenvalue weighted by Crippen LogP contribution is 2.39. The third-order valence-corrected chi connectivity index (χ3v) is 6.28. The van der Waals surface area contributed by atoms with Gasteiger partial charge in [-0.3, -0.25) is 9.59 Å². The standard InChI is InChI=1S/C27H21Cl2NO3/c28-21-13-12-20(17-22(21)29)25-24(23(31)14-11-18-7-3-1-4-8-18)26(32)27(33)30(25)16-15-19-9-5-2-6-10-19/h1-14,17,25,32H,15-16H2/b14-11+. The minimum absolute atomic E-state index is 0.0265. The molecule has 4 rings (SSSR count). The van der Waals surface area contributed by atoms with E-state index in [-0.39, 0.29) is 5.57 Å². The van der Waals surface area contributed by atoms with Gasteiger partial charge in [0.1, 0.15) is 0 Å². The molecular weight excluding hydrogens is 457 g/mol. The largest absolute Gasteiger partial charge is 0.503 e. The van der Waals surface area contributed by atoms with Crippen molar-refractivity contribution in [3.05, 3.63) is 123 Å². The van der Waals surface area contributed by atoms with Crippen LogP contribution in [0, 0.1) is 0 Å². The van der Waals surface area contributed by atoms with Crippen molar-refractivity contribution in [1.29, 1.82) is 0 Å². The molecule has 1 amide bonds. The first-order chi connectivity index (χ1) is 16.0. The average Bonchev–Trinajstić information content (AvgIpc) is 3.09. The Morgan fingerprint density at radius 1 is 0.939 bits per heavy atom. The van der Waals surface area contributed by atoms with Gasteiger partial charge in [-0.2, -0.15) is 0 Å². The van der Waals surface area contributed by atoms with Crippen LogP contribution >= 0.6 is 23.2 Å². The molecule has 0 bridgehead atoms. The van der Waals surface area contributed by atoms with Crippen LogP contribution in [-0.4, -0.2) is 28.2 Å². The number of aliphatic hydroxyl groups excluding tert-OH is 1. The molecule has 6 heteroatoms. The van der Waals surface area contributed by atoms with E-state index < -0.39 is 23.5 Å². The van der Waals surface area contributed by atoms with Gasteiger partial charge in [0.25, 0.3) is 5.91 Å². The summed E-state index contributed by atoms with van der Waals surface area (Å²) in [6, 6.07) is 23.2. The van der Waals surface area contributed by atoms with E-state index in [1.54, 1.807) is 24.3 Å². The molecule has 1 heterocycles. The summed E-state index contributed by atoms with van der Waals surface area (Å²) in [6.07, 6.45) is 3.60. The summed E-state index contributed by atoms with van der Waals surface area (Å²) in [5.74, 6) is -1.57. The Morgan fingerprint density at radius 3 is 2.27 bits per heavy atom. The van der Waals surface area contributed by atoms with Crippen LogP contribution in [-0.2, 0) is 16.0 Å². The van der Waals surface area contributed by atoms with Crippen molar-refractivity contribution >= 4 is 41.0 Å². The molecule has 1 aliphatic rings. The van der Waals surface area contributed by atoms with Crippen molar-refractivity contribution < 1.29 is 14.7 Å². The topological polar surface area (TPSA) is 57.6 Å². The molecule has 0 aliphatic carbocycles. The Bertz CT molecular complexity index is 1240. The molecule has 0 spiro atoms. The van der Waals surface area contributed by atoms with E-state index in [0.29, 0.717) is 28.6 Å². The van der Waals surface area contributed by atoms with E-state index in [2.05, 4.69) is 0 Å². The van der Waals surface area contributed by atoms with Crippen LogP contribution in [0.2, 0.25) is 10.0 Å². The zero-order valence-electron chi connectivity index (χ0n) is 17.6. The molecule has 0 saturated carbocycles. The summed E-state index contributed by atoms with van der Waals surface area (Å²) in [4.78, 5) is 27.7. The van der Waals surface area contributed by atoms with Crippen LogP contribution in [0.5, 0.6) is 0 Å². The number of nitrogens with zero attached hydrogens (tertiary/aromatic N) is 1. The fourth-order valence-corrected chi connectivity index (χ4v) is 4.19. The van der Waals surface area contributed by atoms with Crippen LogP contribution in [0.25, 0.3) is 6.08 Å². The van der Waals surface area contributed by atoms with Crippen molar-refractivity contribution in [2.24, 2.45) is 0 Å². The molecule has 1 unspecified atom stereocenters. The monoisotopic (exact) mass is 477 g/mol. The van der Waals surface area contributed by atoms with Crippen molar-refractivity contribution in [1.82, 2.24) is 4.90 Å². The van der Waals surface area contributed by atoms with Crippen LogP contribution in [0.15, 0.2) is 96.3 Å². The van der Waals surface area contributed by atoms with Crippen molar-refractivity contribution in [2.75, 3.05) is 6.54 Å². The fraction of sp³-hybridized carbons (Fsp3) is 0.111. The second-order valence-electron chi connectivity index (χ2n) is 7.68. The number of carbonyl (C=O) groups is 2. The lowest BCUT2D eigenvalue weighted by atomic mass is 9.95. The zero-order valence-corrected chi connectivity index (χ0v) is 19.1. The van der Waals surface area contributed by atoms with E-state index >= 15 is 0 Å². The van der Waals surface area contributed by atoms with Crippen molar-refractivity contribution in [2.45, 2.75) is 12.5 Å². The number of hydrogen-bond acceptors (Lipinski definition) is 3. The highest BCUT2D eigenvalue weighted by atomic mass is 35.5. The maximum atomic E-state index is 13.2. The maximum Gasteiger partial charge on any atom is 0.290 e. The molecule has 0 aromatic heterocycles. The van der Waals surface area contributed by atoms with Gasteiger partial charge in [0.15, 0.2) is 11.5 Å². The van der Waals surface area contributed by atoms with Crippen LogP contribution in [0.1, 0.15) is 22.7 Å². The molecule has 0 fully saturated rings. The normalized spacial score (nSPS) is 16.1. The third kappa shape index (κ3) is 5.03. The molecule has 0 saturated heterocycles. The number of aliphatic hydroxyl groups is 1. The number of halogens is 2. The first-order valence-electron chi connectivity index (χ1n) is 10.5. The number of allylic oxidation sites excluding steroid dienone is 1. The lowest BCUT2D eigenvalue weighted by Gasteiger charge is -2.27. The van der Waals surface area contributed by atoms with Gasteiger partial charge in [0, 0.05) is 6.54 Å². The van der Waals surface area contributed by atoms with Gasteiger partial charge < -0.3 is 10.0 Å². The van der Waals surface area contributed by atoms with Gasteiger partial charge >= 0.3 is 0 Å². The molecule has 33 heavy (non-hydrogen) atoms. The molecular formula is C27H21Cl2NO3. The summed E-state index contributed by atoms with van der Waals surface area (Å²) in [5.41, 5.74) is 2.51. The summed E-state index contributed by atoms with van der Waals surface area (Å²) < 4.78 is 0. The number of benzene rings is 3. The van der Waals surface area contributed by atoms with Crippen LogP contribution in [0.4, 0.5) is 0 Å². The Morgan fingerprint density at radius 2 is 1.61 bits per heavy atom. The van der Waals surface area contributed by atoms with E-state index in [4.69, 9.17) is 23.2 Å². The van der Waals surface area contributed by atoms with Gasteiger partial charge in [-0.15, -0.1) is 0 Å². The Balaban J connectivity index is 1.69. The molecule has 3 aromatic rings. The van der Waals surface area contributed by atoms with Gasteiger partial charge in [-0.05, 0) is 41.3 Å². The first kappa shape index (κ1) is 22.8. The lowest BCUT2D eigenvalue weighted by Crippen LogP contribution is -2.33. The van der Waals surface area contributed by atoms with Gasteiger partial charge in [-0.1, -0.05) is 96.0 Å². The van der Waals surface area contributed by atoms with Gasteiger partial charge in [0.2, 0.25) is 0 Å². The molecule has 1 aliphatic heterocycles. The molecule has 0 radical (unpaired) electrons. The lowest BCUT2D eigenvalue weighted by molar-refractivity contribution is -0.129. The summed E-state index contributed by atoms with van der Waals surface area (Å²) in [6.45, 7) is 0.316. The Labute approximate surface area is 202 Å². The minimum Gasteiger partial charge on any atom is -0.503 e. The second-order valence-corrected chi connectivity index (χ2v) is 8.50. The highest BCUT2D eigenvalue weighted by molar-refractivity contribution is 6.42. The van der Waals surface area contributed by atoms with E-state index in [1.807, 2.05) is 60.7 Å². The van der Waals surface area contributed by atoms with Crippen molar-refractivity contribution in [3.8, 4) is 0 Å². The van der Waals surface area contributed by atoms with E-state index in [0.717, 1.165) is 11.1 Å². The average molecular weight is 478 g/mol. The highest BCUT2D eigenvalue weighted by Gasteiger charge is 2.42. The zero-order chi connectivity index (χ0) is 23.4. The second kappa shape index (κ2) is 10.1. The van der Waals surface area contributed by atoms with Crippen molar-refractivity contribution in [3.63, 3.8) is 0 Å². The van der Waals surface area contributed by atoms with Crippen LogP contribution in [0.3, 0.4) is 0 Å². The van der Waals surface area contributed by atoms with E-state index in [9.17, 15) is 14.7 Å². The van der Waals surface area contributed by atoms with Gasteiger partial charge in [-0.25, -0.2) is 0 Å². The number of ketones is 1. The predicted molar refractivity (Wildman–Crippen MR) is 131 cm³/mol. The van der Waals surface area contributed by atoms with Crippen LogP contribution < -0.4 is 0 Å². The summed E-state index contributed by atoms with van der Waals surface area (Å²) >= 11 is 12.3. The molecule has 1 atom stereocenters. The third-order valence-electron chi connectivity index (χ3n) is 5.54. The molecule has 166 valence electrons. The maximum absolute atomic E-state index is 13.2. The van der Waals surface area contributed by atoms with E-state index in [1.165, 1.54) is 11.0 Å². The number of amides is 1. The first-order valence-corrected chi connectivity index (χ1v) is 11.2. The molecule has 1 N–H and O–H groups in total. The Hall–Kier alpha value is -3.34. The predicted octanol–water partition coefficient (Wildman–Crippen LogP) is 6.21. The quantitative estimate of drug-likeness (QED) is 0.411. The Kier molecular flexibility index (Phi) is 6.97. The minimum atomic E-state index is -0.774. The summed E-state index contributed by atoms with van der Waals surface area (Å²) in [7, 11) is 0. The summed E-state index contributed by atoms with van der Waals surface area (Å²) in [5, 5.41) is 11.4. The molecule has 4 nitrogen and oxygen atoms in total. The SMILES string of the molecule is O=C(/C=C/c1ccccc1)C1=C(O)C(=O)N(CCc2ccccc2)C1c1ccc(Cl)c(Cl)c1. The molecule has 3 aromatic carbocycles. The van der Waals surface area contributed by atoms with Gasteiger partial charge in [0.05, 0.1) is 21.7 Å².